The van der Waals surface area contributed by atoms with Crippen LogP contribution in [0.5, 0.6) is 0 Å². The maximum absolute atomic E-state index is 8.87. The topological polar surface area (TPSA) is 23.8 Å². The van der Waals surface area contributed by atoms with Crippen LogP contribution in [0.1, 0.15) is 68.4 Å². The second kappa shape index (κ2) is 6.44. The van der Waals surface area contributed by atoms with Crippen molar-refractivity contribution in [3.05, 3.63) is 41.8 Å². The molecule has 1 heteroatoms. The van der Waals surface area contributed by atoms with E-state index in [2.05, 4.69) is 24.6 Å². The third kappa shape index (κ3) is 3.06. The number of benzene rings is 1. The fourth-order valence-electron chi connectivity index (χ4n) is 4.18. The minimum absolute atomic E-state index is 0.731. The van der Waals surface area contributed by atoms with Crippen LogP contribution in [0.2, 0.25) is 0 Å². The van der Waals surface area contributed by atoms with E-state index in [1.165, 1.54) is 56.9 Å². The molecule has 1 radical (unpaired) electrons. The fraction of sp³-hybridized carbons (Fsp3) is 0.579. The Bertz CT molecular complexity index is 454. The van der Waals surface area contributed by atoms with Crippen LogP contribution in [-0.2, 0) is 0 Å². The van der Waals surface area contributed by atoms with E-state index in [-0.39, 0.29) is 0 Å². The van der Waals surface area contributed by atoms with Gasteiger partial charge in [0.05, 0.1) is 11.6 Å². The Kier molecular flexibility index (Phi) is 4.41. The molecule has 2 saturated carbocycles. The highest BCUT2D eigenvalue weighted by molar-refractivity contribution is 5.33. The van der Waals surface area contributed by atoms with E-state index in [0.717, 1.165) is 23.3 Å². The van der Waals surface area contributed by atoms with Gasteiger partial charge in [0.25, 0.3) is 0 Å². The molecule has 1 nitrogen and oxygen atoms in total. The molecule has 0 atom stereocenters. The summed E-state index contributed by atoms with van der Waals surface area (Å²) in [6.07, 6.45) is 13.6. The van der Waals surface area contributed by atoms with Crippen LogP contribution in [-0.4, -0.2) is 0 Å². The van der Waals surface area contributed by atoms with Crippen molar-refractivity contribution in [3.8, 4) is 6.07 Å². The van der Waals surface area contributed by atoms with Gasteiger partial charge in [-0.05, 0) is 93.2 Å². The molecular weight excluding hydrogens is 242 g/mol. The largest absolute Gasteiger partial charge is 0.192 e. The standard InChI is InChI=1S/C19H24N/c20-14-15-6-8-17(9-7-15)19-12-10-18(11-13-19)16-4-2-1-3-5-16/h1,6-9,16,18-19H,2-5,10-13H2/t18-,19-. The van der Waals surface area contributed by atoms with Crippen molar-refractivity contribution in [1.82, 2.24) is 0 Å². The lowest BCUT2D eigenvalue weighted by atomic mass is 9.70. The zero-order valence-electron chi connectivity index (χ0n) is 12.2. The molecule has 2 fully saturated rings. The summed E-state index contributed by atoms with van der Waals surface area (Å²) in [4.78, 5) is 0. The average Bonchev–Trinajstić information content (AvgIpc) is 2.56. The molecular formula is C19H24N. The molecule has 0 aromatic heterocycles. The normalized spacial score (nSPS) is 27.9. The lowest BCUT2D eigenvalue weighted by molar-refractivity contribution is 0.199. The minimum Gasteiger partial charge on any atom is -0.192 e. The van der Waals surface area contributed by atoms with Crippen LogP contribution >= 0.6 is 0 Å². The molecule has 1 aromatic carbocycles. The Balaban J connectivity index is 1.56. The van der Waals surface area contributed by atoms with Gasteiger partial charge in [-0.25, -0.2) is 0 Å². The van der Waals surface area contributed by atoms with E-state index in [9.17, 15) is 0 Å². The Morgan fingerprint density at radius 1 is 0.800 bits per heavy atom. The highest BCUT2D eigenvalue weighted by Gasteiger charge is 2.28. The molecule has 0 N–H and O–H groups in total. The van der Waals surface area contributed by atoms with Gasteiger partial charge in [-0.1, -0.05) is 12.1 Å². The monoisotopic (exact) mass is 266 g/mol. The minimum atomic E-state index is 0.731. The molecule has 2 aliphatic carbocycles. The van der Waals surface area contributed by atoms with Gasteiger partial charge in [0.2, 0.25) is 0 Å². The molecule has 20 heavy (non-hydrogen) atoms. The van der Waals surface area contributed by atoms with Gasteiger partial charge in [-0.2, -0.15) is 5.26 Å². The molecule has 0 bridgehead atoms. The van der Waals surface area contributed by atoms with Crippen LogP contribution in [0.25, 0.3) is 0 Å². The molecule has 0 heterocycles. The Morgan fingerprint density at radius 3 is 2.00 bits per heavy atom. The van der Waals surface area contributed by atoms with Gasteiger partial charge >= 0.3 is 0 Å². The second-order valence-electron chi connectivity index (χ2n) is 6.55. The summed E-state index contributed by atoms with van der Waals surface area (Å²) in [6, 6.07) is 10.5. The Hall–Kier alpha value is -1.29. The molecule has 3 rings (SSSR count). The van der Waals surface area contributed by atoms with Crippen LogP contribution in [0.15, 0.2) is 24.3 Å². The molecule has 0 spiro atoms. The first-order valence-electron chi connectivity index (χ1n) is 8.18. The first kappa shape index (κ1) is 13.7. The number of hydrogen-bond acceptors (Lipinski definition) is 1. The van der Waals surface area contributed by atoms with Gasteiger partial charge in [0.1, 0.15) is 0 Å². The van der Waals surface area contributed by atoms with Gasteiger partial charge in [0.15, 0.2) is 0 Å². The molecule has 1 aromatic rings. The highest BCUT2D eigenvalue weighted by Crippen LogP contribution is 2.42. The number of rotatable bonds is 2. The average molecular weight is 266 g/mol. The summed E-state index contributed by atoms with van der Waals surface area (Å²) >= 11 is 0. The van der Waals surface area contributed by atoms with Gasteiger partial charge in [-0.3, -0.25) is 0 Å². The van der Waals surface area contributed by atoms with Crippen LogP contribution < -0.4 is 0 Å². The van der Waals surface area contributed by atoms with Crippen LogP contribution in [0, 0.1) is 29.6 Å². The van der Waals surface area contributed by atoms with Crippen molar-refractivity contribution in [2.45, 2.75) is 57.3 Å². The summed E-state index contributed by atoms with van der Waals surface area (Å²) in [5.74, 6) is 2.72. The lowest BCUT2D eigenvalue weighted by Crippen LogP contribution is -2.23. The summed E-state index contributed by atoms with van der Waals surface area (Å²) in [5, 5.41) is 8.87. The van der Waals surface area contributed by atoms with E-state index >= 15 is 0 Å². The van der Waals surface area contributed by atoms with E-state index in [0.29, 0.717) is 0 Å². The van der Waals surface area contributed by atoms with Gasteiger partial charge < -0.3 is 0 Å². The predicted molar refractivity (Wildman–Crippen MR) is 82.1 cm³/mol. The summed E-state index contributed by atoms with van der Waals surface area (Å²) in [6.45, 7) is 0. The van der Waals surface area contributed by atoms with Crippen molar-refractivity contribution < 1.29 is 0 Å². The van der Waals surface area contributed by atoms with E-state index in [1.54, 1.807) is 0 Å². The van der Waals surface area contributed by atoms with Gasteiger partial charge in [0, 0.05) is 0 Å². The third-order valence-corrected chi connectivity index (χ3v) is 5.43. The molecule has 0 saturated heterocycles. The Labute approximate surface area is 123 Å². The van der Waals surface area contributed by atoms with Crippen LogP contribution in [0.3, 0.4) is 0 Å². The summed E-state index contributed by atoms with van der Waals surface area (Å²) < 4.78 is 0. The molecule has 105 valence electrons. The summed E-state index contributed by atoms with van der Waals surface area (Å²) in [7, 11) is 0. The van der Waals surface area contributed by atoms with E-state index in [4.69, 9.17) is 5.26 Å². The smallest absolute Gasteiger partial charge is 0.0991 e. The zero-order valence-corrected chi connectivity index (χ0v) is 12.2. The van der Waals surface area contributed by atoms with Crippen molar-refractivity contribution >= 4 is 0 Å². The highest BCUT2D eigenvalue weighted by atomic mass is 14.3. The molecule has 0 unspecified atom stereocenters. The van der Waals surface area contributed by atoms with E-state index in [1.807, 2.05) is 12.1 Å². The molecule has 0 aliphatic heterocycles. The maximum atomic E-state index is 8.87. The van der Waals surface area contributed by atoms with E-state index < -0.39 is 0 Å². The first-order chi connectivity index (χ1) is 9.86. The fourth-order valence-corrected chi connectivity index (χ4v) is 4.18. The number of nitrogens with zero attached hydrogens (tertiary/aromatic N) is 1. The lowest BCUT2D eigenvalue weighted by Gasteiger charge is -2.36. The summed E-state index contributed by atoms with van der Waals surface area (Å²) in [5.41, 5.74) is 2.22. The third-order valence-electron chi connectivity index (χ3n) is 5.43. The maximum Gasteiger partial charge on any atom is 0.0991 e. The number of nitriles is 1. The van der Waals surface area contributed by atoms with Crippen LogP contribution in [0.4, 0.5) is 0 Å². The second-order valence-corrected chi connectivity index (χ2v) is 6.55. The van der Waals surface area contributed by atoms with Crippen molar-refractivity contribution in [1.29, 1.82) is 5.26 Å². The first-order valence-corrected chi connectivity index (χ1v) is 8.18. The van der Waals surface area contributed by atoms with Gasteiger partial charge in [-0.15, -0.1) is 0 Å². The SMILES string of the molecule is N#Cc1ccc([C@H]2CC[C@H](C3CC[CH]CC3)CC2)cc1. The van der Waals surface area contributed by atoms with Crippen molar-refractivity contribution in [3.63, 3.8) is 0 Å². The van der Waals surface area contributed by atoms with Crippen molar-refractivity contribution in [2.75, 3.05) is 0 Å². The predicted octanol–water partition coefficient (Wildman–Crippen LogP) is 5.23. The zero-order chi connectivity index (χ0) is 13.8. The number of hydrogen-bond donors (Lipinski definition) is 0. The molecule has 2 aliphatic rings. The van der Waals surface area contributed by atoms with Crippen molar-refractivity contribution in [2.24, 2.45) is 11.8 Å². The molecule has 0 amide bonds. The Morgan fingerprint density at radius 2 is 1.40 bits per heavy atom. The quantitative estimate of drug-likeness (QED) is 0.719.